The van der Waals surface area contributed by atoms with Crippen molar-refractivity contribution in [1.29, 1.82) is 0 Å². The highest BCUT2D eigenvalue weighted by molar-refractivity contribution is 6.01. The van der Waals surface area contributed by atoms with Crippen molar-refractivity contribution in [2.45, 2.75) is 53.4 Å². The summed E-state index contributed by atoms with van der Waals surface area (Å²) in [5.74, 6) is -0.0702. The van der Waals surface area contributed by atoms with E-state index in [-0.39, 0.29) is 24.7 Å². The van der Waals surface area contributed by atoms with Crippen LogP contribution in [0.3, 0.4) is 0 Å². The number of amides is 2. The Hall–Kier alpha value is -2.69. The Bertz CT molecular complexity index is 806. The molecule has 0 bridgehead atoms. The minimum atomic E-state index is -0.260. The highest BCUT2D eigenvalue weighted by Gasteiger charge is 2.19. The van der Waals surface area contributed by atoms with Crippen LogP contribution in [0, 0.1) is 19.8 Å². The van der Waals surface area contributed by atoms with E-state index in [1.807, 2.05) is 45.9 Å². The predicted molar refractivity (Wildman–Crippen MR) is 111 cm³/mol. The molecule has 0 spiro atoms. The molecule has 0 fully saturated rings. The molecule has 0 heterocycles. The van der Waals surface area contributed by atoms with Gasteiger partial charge in [0.1, 0.15) is 0 Å². The number of nitrogens with zero attached hydrogens (tertiary/aromatic N) is 1. The maximum atomic E-state index is 12.1. The fourth-order valence-corrected chi connectivity index (χ4v) is 2.92. The van der Waals surface area contributed by atoms with Gasteiger partial charge in [0, 0.05) is 18.5 Å². The molecule has 0 saturated heterocycles. The van der Waals surface area contributed by atoms with Gasteiger partial charge in [-0.1, -0.05) is 30.4 Å². The second-order valence-corrected chi connectivity index (χ2v) is 7.33. The first kappa shape index (κ1) is 20.6. The van der Waals surface area contributed by atoms with Crippen molar-refractivity contribution in [1.82, 2.24) is 5.43 Å². The molecule has 0 radical (unpaired) electrons. The molecule has 5 nitrogen and oxygen atoms in total. The first-order valence-corrected chi connectivity index (χ1v) is 9.31. The van der Waals surface area contributed by atoms with E-state index >= 15 is 0 Å². The van der Waals surface area contributed by atoms with Crippen LogP contribution in [0.25, 0.3) is 0 Å². The quantitative estimate of drug-likeness (QED) is 0.577. The van der Waals surface area contributed by atoms with E-state index in [4.69, 9.17) is 0 Å². The lowest BCUT2D eigenvalue weighted by Crippen LogP contribution is -2.24. The van der Waals surface area contributed by atoms with Crippen molar-refractivity contribution in [3.8, 4) is 0 Å². The summed E-state index contributed by atoms with van der Waals surface area (Å²) in [5, 5.41) is 7.12. The van der Waals surface area contributed by atoms with Gasteiger partial charge in [0.05, 0.1) is 5.71 Å². The molecule has 1 unspecified atom stereocenters. The number of carbonyl (C=O) groups is 2. The number of hydrogen-bond acceptors (Lipinski definition) is 3. The zero-order valence-electron chi connectivity index (χ0n) is 16.7. The molecule has 0 saturated carbocycles. The minimum absolute atomic E-state index is 0.0974. The van der Waals surface area contributed by atoms with Gasteiger partial charge in [0.25, 0.3) is 0 Å². The molecule has 5 heteroatoms. The Balaban J connectivity index is 1.84. The molecule has 1 aliphatic carbocycles. The van der Waals surface area contributed by atoms with Crippen molar-refractivity contribution < 1.29 is 9.59 Å². The normalized spacial score (nSPS) is 18.0. The van der Waals surface area contributed by atoms with Crippen LogP contribution in [-0.2, 0) is 9.59 Å². The van der Waals surface area contributed by atoms with E-state index in [0.29, 0.717) is 5.92 Å². The van der Waals surface area contributed by atoms with Gasteiger partial charge >= 0.3 is 0 Å². The van der Waals surface area contributed by atoms with Crippen LogP contribution >= 0.6 is 0 Å². The lowest BCUT2D eigenvalue weighted by atomic mass is 9.85. The van der Waals surface area contributed by atoms with Gasteiger partial charge < -0.3 is 5.32 Å². The zero-order chi connectivity index (χ0) is 20.0. The van der Waals surface area contributed by atoms with Crippen LogP contribution in [0.4, 0.5) is 5.69 Å². The van der Waals surface area contributed by atoms with Crippen molar-refractivity contribution >= 4 is 23.2 Å². The molecule has 1 aromatic rings. The molecule has 2 amide bonds. The summed E-state index contributed by atoms with van der Waals surface area (Å²) in [6.45, 7) is 11.9. The van der Waals surface area contributed by atoms with Gasteiger partial charge in [-0.15, -0.1) is 0 Å². The molecule has 2 rings (SSSR count). The van der Waals surface area contributed by atoms with Crippen LogP contribution in [0.15, 0.2) is 47.1 Å². The smallest absolute Gasteiger partial charge is 0.240 e. The second kappa shape index (κ2) is 9.31. The standard InChI is InChI=1S/C22H29N3O2/c1-14(2)18-9-8-17(5)20(13-18)24-25-22(27)11-10-21(26)23-19-12-15(3)6-7-16(19)4/h6-8,12,18H,1,9-11,13H2,2-5H3,(H,23,26)(H,25,27)/b24-20-. The fraction of sp³-hybridized carbons (Fsp3) is 0.409. The Morgan fingerprint density at radius 3 is 2.59 bits per heavy atom. The predicted octanol–water partition coefficient (Wildman–Crippen LogP) is 4.43. The van der Waals surface area contributed by atoms with Gasteiger partial charge in [0.15, 0.2) is 0 Å². The van der Waals surface area contributed by atoms with Crippen molar-refractivity contribution in [3.63, 3.8) is 0 Å². The summed E-state index contributed by atoms with van der Waals surface area (Å²) < 4.78 is 0. The van der Waals surface area contributed by atoms with Gasteiger partial charge in [0.2, 0.25) is 11.8 Å². The number of nitrogens with one attached hydrogen (secondary N) is 2. The molecule has 0 aliphatic heterocycles. The number of hydrogen-bond donors (Lipinski definition) is 2. The molecular weight excluding hydrogens is 338 g/mol. The number of hydrazone groups is 1. The highest BCUT2D eigenvalue weighted by atomic mass is 16.2. The molecule has 1 aromatic carbocycles. The first-order chi connectivity index (χ1) is 12.8. The van der Waals surface area contributed by atoms with Gasteiger partial charge in [-0.25, -0.2) is 5.43 Å². The minimum Gasteiger partial charge on any atom is -0.326 e. The molecule has 2 N–H and O–H groups in total. The van der Waals surface area contributed by atoms with Crippen LogP contribution in [0.2, 0.25) is 0 Å². The lowest BCUT2D eigenvalue weighted by Gasteiger charge is -2.22. The molecular formula is C22H29N3O2. The number of aryl methyl sites for hydroxylation is 2. The number of benzene rings is 1. The van der Waals surface area contributed by atoms with Crippen LogP contribution < -0.4 is 10.7 Å². The molecule has 0 aromatic heterocycles. The number of allylic oxidation sites excluding steroid dienone is 3. The molecule has 1 atom stereocenters. The SMILES string of the molecule is C=C(C)C1CC=C(C)/C(=N\NC(=O)CCC(=O)Nc2cc(C)ccc2C)C1. The largest absolute Gasteiger partial charge is 0.326 e. The first-order valence-electron chi connectivity index (χ1n) is 9.31. The summed E-state index contributed by atoms with van der Waals surface area (Å²) in [6.07, 6.45) is 4.09. The van der Waals surface area contributed by atoms with Crippen LogP contribution in [0.5, 0.6) is 0 Å². The fourth-order valence-electron chi connectivity index (χ4n) is 2.92. The third-order valence-corrected chi connectivity index (χ3v) is 4.86. The van der Waals surface area contributed by atoms with E-state index in [2.05, 4.69) is 28.5 Å². The topological polar surface area (TPSA) is 70.6 Å². The van der Waals surface area contributed by atoms with E-state index < -0.39 is 0 Å². The Labute approximate surface area is 161 Å². The van der Waals surface area contributed by atoms with Crippen LogP contribution in [0.1, 0.15) is 50.7 Å². The monoisotopic (exact) mass is 367 g/mol. The number of anilines is 1. The third-order valence-electron chi connectivity index (χ3n) is 4.86. The van der Waals surface area contributed by atoms with Gasteiger partial charge in [-0.05, 0) is 69.2 Å². The van der Waals surface area contributed by atoms with Gasteiger partial charge in [-0.3, -0.25) is 9.59 Å². The Morgan fingerprint density at radius 1 is 1.19 bits per heavy atom. The average Bonchev–Trinajstić information content (AvgIpc) is 2.62. The summed E-state index contributed by atoms with van der Waals surface area (Å²) in [5.41, 5.74) is 8.53. The number of rotatable bonds is 6. The second-order valence-electron chi connectivity index (χ2n) is 7.33. The average molecular weight is 367 g/mol. The lowest BCUT2D eigenvalue weighted by molar-refractivity contribution is -0.124. The summed E-state index contributed by atoms with van der Waals surface area (Å²) >= 11 is 0. The van der Waals surface area contributed by atoms with Crippen molar-refractivity contribution in [2.75, 3.05) is 5.32 Å². The number of carbonyl (C=O) groups excluding carboxylic acids is 2. The molecule has 144 valence electrons. The zero-order valence-corrected chi connectivity index (χ0v) is 16.7. The van der Waals surface area contributed by atoms with Crippen molar-refractivity contribution in [3.05, 3.63) is 53.1 Å². The Morgan fingerprint density at radius 2 is 1.89 bits per heavy atom. The summed E-state index contributed by atoms with van der Waals surface area (Å²) in [7, 11) is 0. The molecule has 1 aliphatic rings. The maximum absolute atomic E-state index is 12.1. The van der Waals surface area contributed by atoms with E-state index in [0.717, 1.165) is 46.5 Å². The van der Waals surface area contributed by atoms with Gasteiger partial charge in [-0.2, -0.15) is 5.10 Å². The summed E-state index contributed by atoms with van der Waals surface area (Å²) in [6, 6.07) is 5.89. The molecule has 27 heavy (non-hydrogen) atoms. The van der Waals surface area contributed by atoms with E-state index in [9.17, 15) is 9.59 Å². The Kier molecular flexibility index (Phi) is 7.11. The van der Waals surface area contributed by atoms with Crippen molar-refractivity contribution in [2.24, 2.45) is 11.0 Å². The maximum Gasteiger partial charge on any atom is 0.240 e. The van der Waals surface area contributed by atoms with E-state index in [1.54, 1.807) is 0 Å². The highest BCUT2D eigenvalue weighted by Crippen LogP contribution is 2.26. The van der Waals surface area contributed by atoms with Crippen LogP contribution in [-0.4, -0.2) is 17.5 Å². The third kappa shape index (κ3) is 6.20. The summed E-state index contributed by atoms with van der Waals surface area (Å²) in [4.78, 5) is 24.2. The van der Waals surface area contributed by atoms with E-state index in [1.165, 1.54) is 0 Å².